The van der Waals surface area contributed by atoms with E-state index in [9.17, 15) is 4.79 Å². The maximum Gasteiger partial charge on any atom is 0.336 e. The largest absolute Gasteiger partial charge is 0.463 e. The smallest absolute Gasteiger partial charge is 0.336 e. The zero-order valence-electron chi connectivity index (χ0n) is 21.9. The average Bonchev–Trinajstić information content (AvgIpc) is 2.85. The topological polar surface area (TPSA) is 76.1 Å². The van der Waals surface area contributed by atoms with Gasteiger partial charge in [-0.05, 0) is 25.5 Å². The predicted octanol–water partition coefficient (Wildman–Crippen LogP) is 2.43. The Morgan fingerprint density at radius 3 is 2.43 bits per heavy atom. The van der Waals surface area contributed by atoms with Gasteiger partial charge < -0.3 is 9.47 Å². The van der Waals surface area contributed by atoms with E-state index in [1.165, 1.54) is 7.11 Å². The Bertz CT molecular complexity index is 1030. The summed E-state index contributed by atoms with van der Waals surface area (Å²) in [4.78, 5) is 35.9. The van der Waals surface area contributed by atoms with Crippen LogP contribution in [0.5, 0.6) is 0 Å². The number of ether oxygens (including phenoxy) is 2. The molecule has 1 aromatic carbocycles. The average molecular weight is 535 g/mol. The van der Waals surface area contributed by atoms with Crippen LogP contribution in [0.3, 0.4) is 0 Å². The van der Waals surface area contributed by atoms with E-state index in [4.69, 9.17) is 35.8 Å². The van der Waals surface area contributed by atoms with Gasteiger partial charge in [-0.3, -0.25) is 9.48 Å². The molecule has 0 aliphatic carbocycles. The van der Waals surface area contributed by atoms with E-state index in [-0.39, 0.29) is 25.7 Å². The second kappa shape index (κ2) is 11.5. The van der Waals surface area contributed by atoms with Crippen molar-refractivity contribution < 1.29 is 28.5 Å². The lowest BCUT2D eigenvalue weighted by molar-refractivity contribution is -0.980. The first-order valence-corrected chi connectivity index (χ1v) is 13.3. The third kappa shape index (κ3) is 5.62. The SMILES string of the molecule is CCOC(=O)C1=C(COCC[N+]23CN4CN(CN(C4)C2)C3)N=C(C)C(COOC)C1c1ccccc1Cl. The third-order valence-corrected chi connectivity index (χ3v) is 7.97. The number of nitrogens with zero attached hydrogens (tertiary/aromatic N) is 5. The van der Waals surface area contributed by atoms with Gasteiger partial charge in [-0.15, -0.1) is 0 Å². The molecule has 202 valence electrons. The van der Waals surface area contributed by atoms with Gasteiger partial charge in [0.2, 0.25) is 0 Å². The zero-order chi connectivity index (χ0) is 26.0. The van der Waals surface area contributed by atoms with Crippen molar-refractivity contribution >= 4 is 23.3 Å². The molecule has 2 atom stereocenters. The molecule has 5 heterocycles. The minimum absolute atomic E-state index is 0.224. The summed E-state index contributed by atoms with van der Waals surface area (Å²) in [6.07, 6.45) is 0. The van der Waals surface area contributed by atoms with Gasteiger partial charge in [0, 0.05) is 22.6 Å². The highest BCUT2D eigenvalue weighted by Crippen LogP contribution is 2.42. The van der Waals surface area contributed by atoms with Crippen LogP contribution in [0.25, 0.3) is 0 Å². The lowest BCUT2D eigenvalue weighted by Gasteiger charge is -2.60. The van der Waals surface area contributed by atoms with Crippen LogP contribution in [0, 0.1) is 5.92 Å². The van der Waals surface area contributed by atoms with Crippen LogP contribution in [0.4, 0.5) is 0 Å². The molecule has 4 fully saturated rings. The molecule has 4 saturated heterocycles. The van der Waals surface area contributed by atoms with Crippen molar-refractivity contribution in [3.05, 3.63) is 46.1 Å². The highest BCUT2D eigenvalue weighted by molar-refractivity contribution is 6.31. The highest BCUT2D eigenvalue weighted by atomic mass is 35.5. The molecule has 2 unspecified atom stereocenters. The zero-order valence-corrected chi connectivity index (χ0v) is 22.7. The molecule has 37 heavy (non-hydrogen) atoms. The Balaban J connectivity index is 1.37. The van der Waals surface area contributed by atoms with Crippen molar-refractivity contribution in [2.75, 3.05) is 80.1 Å². The van der Waals surface area contributed by atoms with Gasteiger partial charge in [0.05, 0.1) is 64.8 Å². The molecule has 0 spiro atoms. The van der Waals surface area contributed by atoms with E-state index >= 15 is 0 Å². The first-order valence-electron chi connectivity index (χ1n) is 12.9. The number of esters is 1. The normalized spacial score (nSPS) is 32.5. The fourth-order valence-electron chi connectivity index (χ4n) is 6.30. The van der Waals surface area contributed by atoms with Gasteiger partial charge >= 0.3 is 5.97 Å². The molecule has 5 aliphatic heterocycles. The summed E-state index contributed by atoms with van der Waals surface area (Å²) < 4.78 is 12.7. The summed E-state index contributed by atoms with van der Waals surface area (Å²) >= 11 is 6.64. The predicted molar refractivity (Wildman–Crippen MR) is 138 cm³/mol. The molecule has 11 heteroatoms. The maximum atomic E-state index is 13.4. The lowest BCUT2D eigenvalue weighted by Crippen LogP contribution is -2.79. The molecule has 10 nitrogen and oxygen atoms in total. The van der Waals surface area contributed by atoms with E-state index in [2.05, 4.69) is 14.7 Å². The van der Waals surface area contributed by atoms with Crippen LogP contribution < -0.4 is 0 Å². The standard InChI is InChI=1S/C26H37ClN5O5/c1-4-36-26(33)25-23(12-35-10-9-32-16-29-13-30(17-32)15-31(14-29)18-32)28-19(2)21(11-37-34-3)24(25)20-7-5-6-8-22(20)27/h5-8,21,24H,4,9-18H2,1-3H3/q+1. The Hall–Kier alpha value is -1.89. The van der Waals surface area contributed by atoms with Crippen molar-refractivity contribution in [2.24, 2.45) is 10.9 Å². The number of carbonyl (C=O) groups excluding carboxylic acids is 1. The molecule has 0 saturated carbocycles. The van der Waals surface area contributed by atoms with Crippen molar-refractivity contribution in [1.82, 2.24) is 14.7 Å². The van der Waals surface area contributed by atoms with Crippen molar-refractivity contribution in [2.45, 2.75) is 19.8 Å². The van der Waals surface area contributed by atoms with Crippen LogP contribution in [-0.2, 0) is 24.0 Å². The molecule has 0 radical (unpaired) electrons. The molecular formula is C26H37ClN5O5+. The lowest BCUT2D eigenvalue weighted by atomic mass is 9.76. The van der Waals surface area contributed by atoms with E-state index in [0.29, 0.717) is 22.9 Å². The van der Waals surface area contributed by atoms with Gasteiger partial charge in [-0.2, -0.15) is 0 Å². The Labute approximate surface area is 223 Å². The molecule has 0 N–H and O–H groups in total. The van der Waals surface area contributed by atoms with Crippen molar-refractivity contribution in [1.29, 1.82) is 0 Å². The molecule has 4 bridgehead atoms. The number of rotatable bonds is 11. The van der Waals surface area contributed by atoms with Gasteiger partial charge in [0.15, 0.2) is 0 Å². The van der Waals surface area contributed by atoms with Gasteiger partial charge in [-0.1, -0.05) is 29.8 Å². The fourth-order valence-corrected chi connectivity index (χ4v) is 6.55. The van der Waals surface area contributed by atoms with E-state index in [1.807, 2.05) is 31.2 Å². The number of quaternary nitrogens is 1. The quantitative estimate of drug-likeness (QED) is 0.141. The molecule has 1 aromatic rings. The molecular weight excluding hydrogens is 498 g/mol. The van der Waals surface area contributed by atoms with Crippen LogP contribution in [-0.4, -0.2) is 111 Å². The summed E-state index contributed by atoms with van der Waals surface area (Å²) in [7, 11) is 1.47. The Kier molecular flexibility index (Phi) is 8.28. The molecule has 0 amide bonds. The number of benzene rings is 1. The van der Waals surface area contributed by atoms with Crippen LogP contribution >= 0.6 is 11.6 Å². The second-order valence-corrected chi connectivity index (χ2v) is 10.8. The summed E-state index contributed by atoms with van der Waals surface area (Å²) in [5.74, 6) is -1.05. The van der Waals surface area contributed by atoms with E-state index in [0.717, 1.165) is 62.3 Å². The summed E-state index contributed by atoms with van der Waals surface area (Å²) in [5.41, 5.74) is 2.71. The Morgan fingerprint density at radius 1 is 1.14 bits per heavy atom. The minimum Gasteiger partial charge on any atom is -0.463 e. The fraction of sp³-hybridized carbons (Fsp3) is 0.615. The number of carbonyl (C=O) groups is 1. The summed E-state index contributed by atoms with van der Waals surface area (Å²) in [5, 5.41) is 0.575. The second-order valence-electron chi connectivity index (χ2n) is 10.4. The van der Waals surface area contributed by atoms with Gasteiger partial charge in [0.1, 0.15) is 26.6 Å². The number of aliphatic imine (C=N–C) groups is 1. The highest BCUT2D eigenvalue weighted by Gasteiger charge is 2.48. The van der Waals surface area contributed by atoms with Crippen LogP contribution in [0.15, 0.2) is 40.5 Å². The number of hydrogen-bond donors (Lipinski definition) is 0. The molecule has 0 aromatic heterocycles. The minimum atomic E-state index is -0.407. The molecule has 6 rings (SSSR count). The van der Waals surface area contributed by atoms with Gasteiger partial charge in [-0.25, -0.2) is 29.3 Å². The van der Waals surface area contributed by atoms with Crippen molar-refractivity contribution in [3.8, 4) is 0 Å². The first-order chi connectivity index (χ1) is 17.9. The Morgan fingerprint density at radius 2 is 1.81 bits per heavy atom. The van der Waals surface area contributed by atoms with Crippen molar-refractivity contribution in [3.63, 3.8) is 0 Å². The first kappa shape index (κ1) is 26.7. The summed E-state index contributed by atoms with van der Waals surface area (Å²) in [6, 6.07) is 7.56. The van der Waals surface area contributed by atoms with Crippen LogP contribution in [0.2, 0.25) is 5.02 Å². The van der Waals surface area contributed by atoms with Crippen LogP contribution in [0.1, 0.15) is 25.3 Å². The van der Waals surface area contributed by atoms with E-state index < -0.39 is 11.9 Å². The monoisotopic (exact) mass is 534 g/mol. The number of hydrogen-bond acceptors (Lipinski definition) is 9. The van der Waals surface area contributed by atoms with Gasteiger partial charge in [0.25, 0.3) is 0 Å². The molecule has 5 aliphatic rings. The third-order valence-electron chi connectivity index (χ3n) is 7.62. The maximum absolute atomic E-state index is 13.4. The van der Waals surface area contributed by atoms with E-state index in [1.54, 1.807) is 6.92 Å². The number of halogens is 1. The summed E-state index contributed by atoms with van der Waals surface area (Å²) in [6.45, 7) is 12.3.